The number of aromatic nitrogens is 5. The molecule has 8 heteroatoms. The van der Waals surface area contributed by atoms with Gasteiger partial charge in [0, 0.05) is 25.6 Å². The SMILES string of the molecule is CCOCc1nc(Cl)cc(NCCc2ncn[nH]2)n1. The molecule has 0 bridgehead atoms. The average Bonchev–Trinajstić information content (AvgIpc) is 2.89. The van der Waals surface area contributed by atoms with Gasteiger partial charge in [0.25, 0.3) is 0 Å². The molecule has 0 radical (unpaired) electrons. The molecule has 0 saturated carbocycles. The Labute approximate surface area is 115 Å². The third kappa shape index (κ3) is 4.46. The third-order valence-electron chi connectivity index (χ3n) is 2.31. The van der Waals surface area contributed by atoms with Crippen molar-refractivity contribution < 1.29 is 4.74 Å². The lowest BCUT2D eigenvalue weighted by molar-refractivity contribution is 0.128. The van der Waals surface area contributed by atoms with Crippen LogP contribution in [0.15, 0.2) is 12.4 Å². The second kappa shape index (κ2) is 7.01. The predicted octanol–water partition coefficient (Wildman–Crippen LogP) is 1.44. The molecule has 19 heavy (non-hydrogen) atoms. The van der Waals surface area contributed by atoms with E-state index in [-0.39, 0.29) is 0 Å². The maximum Gasteiger partial charge on any atom is 0.158 e. The standard InChI is InChI=1S/C11H15ClN6O/c1-2-19-6-11-16-8(12)5-10(17-11)13-4-3-9-14-7-15-18-9/h5,7H,2-4,6H2,1H3,(H,13,16,17)(H,14,15,18). The van der Waals surface area contributed by atoms with Crippen LogP contribution in [0.2, 0.25) is 5.15 Å². The van der Waals surface area contributed by atoms with Crippen molar-refractivity contribution >= 4 is 17.4 Å². The molecular weight excluding hydrogens is 268 g/mol. The summed E-state index contributed by atoms with van der Waals surface area (Å²) >= 11 is 5.93. The number of aromatic amines is 1. The molecule has 0 amide bonds. The van der Waals surface area contributed by atoms with Gasteiger partial charge in [0.15, 0.2) is 5.82 Å². The van der Waals surface area contributed by atoms with Gasteiger partial charge in [0.2, 0.25) is 0 Å². The third-order valence-corrected chi connectivity index (χ3v) is 2.50. The van der Waals surface area contributed by atoms with E-state index in [2.05, 4.69) is 30.5 Å². The molecule has 0 unspecified atom stereocenters. The second-order valence-electron chi connectivity index (χ2n) is 3.74. The minimum atomic E-state index is 0.355. The molecule has 102 valence electrons. The Bertz CT molecular complexity index is 504. The highest BCUT2D eigenvalue weighted by molar-refractivity contribution is 6.29. The number of hydrogen-bond acceptors (Lipinski definition) is 6. The molecule has 2 aromatic rings. The molecule has 0 spiro atoms. The fourth-order valence-electron chi connectivity index (χ4n) is 1.47. The maximum absolute atomic E-state index is 5.93. The minimum Gasteiger partial charge on any atom is -0.374 e. The summed E-state index contributed by atoms with van der Waals surface area (Å²) in [5.74, 6) is 2.06. The molecule has 2 aromatic heterocycles. The Morgan fingerprint density at radius 2 is 2.32 bits per heavy atom. The van der Waals surface area contributed by atoms with Crippen molar-refractivity contribution in [2.45, 2.75) is 20.0 Å². The van der Waals surface area contributed by atoms with Gasteiger partial charge in [-0.05, 0) is 6.92 Å². The van der Waals surface area contributed by atoms with E-state index < -0.39 is 0 Å². The van der Waals surface area contributed by atoms with Crippen LogP contribution in [0.5, 0.6) is 0 Å². The first-order valence-corrected chi connectivity index (χ1v) is 6.35. The summed E-state index contributed by atoms with van der Waals surface area (Å²) in [6.07, 6.45) is 2.21. The minimum absolute atomic E-state index is 0.355. The lowest BCUT2D eigenvalue weighted by atomic mass is 10.4. The van der Waals surface area contributed by atoms with Gasteiger partial charge >= 0.3 is 0 Å². The molecule has 0 atom stereocenters. The van der Waals surface area contributed by atoms with Gasteiger partial charge in [0.1, 0.15) is 29.7 Å². The van der Waals surface area contributed by atoms with Crippen LogP contribution in [0.25, 0.3) is 0 Å². The van der Waals surface area contributed by atoms with Crippen molar-refractivity contribution in [2.24, 2.45) is 0 Å². The Hall–Kier alpha value is -1.73. The van der Waals surface area contributed by atoms with E-state index in [1.54, 1.807) is 6.07 Å². The zero-order valence-corrected chi connectivity index (χ0v) is 11.3. The summed E-state index contributed by atoms with van der Waals surface area (Å²) in [6.45, 7) is 3.57. The van der Waals surface area contributed by atoms with E-state index in [1.165, 1.54) is 6.33 Å². The normalized spacial score (nSPS) is 10.6. The first-order chi connectivity index (χ1) is 9.28. The van der Waals surface area contributed by atoms with Crippen LogP contribution in [0, 0.1) is 0 Å². The van der Waals surface area contributed by atoms with Crippen LogP contribution >= 0.6 is 11.6 Å². The van der Waals surface area contributed by atoms with Crippen molar-refractivity contribution in [3.63, 3.8) is 0 Å². The fourth-order valence-corrected chi connectivity index (χ4v) is 1.67. The van der Waals surface area contributed by atoms with Crippen LogP contribution in [0.3, 0.4) is 0 Å². The van der Waals surface area contributed by atoms with Crippen LogP contribution in [0.4, 0.5) is 5.82 Å². The molecule has 0 saturated heterocycles. The van der Waals surface area contributed by atoms with Gasteiger partial charge in [-0.1, -0.05) is 11.6 Å². The van der Waals surface area contributed by atoms with Crippen molar-refractivity contribution in [1.82, 2.24) is 25.1 Å². The van der Waals surface area contributed by atoms with E-state index in [4.69, 9.17) is 16.3 Å². The van der Waals surface area contributed by atoms with E-state index in [9.17, 15) is 0 Å². The van der Waals surface area contributed by atoms with Crippen molar-refractivity contribution in [2.75, 3.05) is 18.5 Å². The van der Waals surface area contributed by atoms with E-state index in [0.29, 0.717) is 36.6 Å². The first-order valence-electron chi connectivity index (χ1n) is 5.97. The van der Waals surface area contributed by atoms with Crippen LogP contribution in [0.1, 0.15) is 18.6 Å². The van der Waals surface area contributed by atoms with Crippen LogP contribution in [-0.2, 0) is 17.8 Å². The zero-order valence-electron chi connectivity index (χ0n) is 10.6. The Balaban J connectivity index is 1.90. The molecule has 7 nitrogen and oxygen atoms in total. The summed E-state index contributed by atoms with van der Waals surface area (Å²) in [6, 6.07) is 1.68. The smallest absolute Gasteiger partial charge is 0.158 e. The van der Waals surface area contributed by atoms with Crippen molar-refractivity contribution in [3.05, 3.63) is 29.2 Å². The summed E-state index contributed by atoms with van der Waals surface area (Å²) in [5.41, 5.74) is 0. The number of nitrogens with zero attached hydrogens (tertiary/aromatic N) is 4. The largest absolute Gasteiger partial charge is 0.374 e. The van der Waals surface area contributed by atoms with Crippen molar-refractivity contribution in [1.29, 1.82) is 0 Å². The van der Waals surface area contributed by atoms with Gasteiger partial charge in [-0.3, -0.25) is 5.10 Å². The average molecular weight is 283 g/mol. The lowest BCUT2D eigenvalue weighted by Crippen LogP contribution is -2.09. The summed E-state index contributed by atoms with van der Waals surface area (Å²) in [5, 5.41) is 10.1. The molecular formula is C11H15ClN6O. The van der Waals surface area contributed by atoms with Gasteiger partial charge in [-0.2, -0.15) is 5.10 Å². The number of anilines is 1. The molecule has 2 N–H and O–H groups in total. The summed E-state index contributed by atoms with van der Waals surface area (Å²) < 4.78 is 5.26. The fraction of sp³-hybridized carbons (Fsp3) is 0.455. The van der Waals surface area contributed by atoms with Gasteiger partial charge in [-0.15, -0.1) is 0 Å². The number of ether oxygens (including phenoxy) is 1. The second-order valence-corrected chi connectivity index (χ2v) is 4.13. The van der Waals surface area contributed by atoms with E-state index in [1.807, 2.05) is 6.92 Å². The quantitative estimate of drug-likeness (QED) is 0.747. The number of rotatable bonds is 7. The van der Waals surface area contributed by atoms with Gasteiger partial charge < -0.3 is 10.1 Å². The molecule has 2 rings (SSSR count). The number of nitrogens with one attached hydrogen (secondary N) is 2. The topological polar surface area (TPSA) is 88.6 Å². The lowest BCUT2D eigenvalue weighted by Gasteiger charge is -2.07. The van der Waals surface area contributed by atoms with Crippen LogP contribution in [-0.4, -0.2) is 38.3 Å². The van der Waals surface area contributed by atoms with E-state index >= 15 is 0 Å². The van der Waals surface area contributed by atoms with Crippen molar-refractivity contribution in [3.8, 4) is 0 Å². The Morgan fingerprint density at radius 3 is 3.05 bits per heavy atom. The molecule has 0 aliphatic carbocycles. The summed E-state index contributed by atoms with van der Waals surface area (Å²) in [7, 11) is 0. The number of H-pyrrole nitrogens is 1. The molecule has 0 aliphatic heterocycles. The molecule has 0 fully saturated rings. The Morgan fingerprint density at radius 1 is 1.42 bits per heavy atom. The predicted molar refractivity (Wildman–Crippen MR) is 70.9 cm³/mol. The van der Waals surface area contributed by atoms with E-state index in [0.717, 1.165) is 12.2 Å². The zero-order chi connectivity index (χ0) is 13.5. The highest BCUT2D eigenvalue weighted by atomic mass is 35.5. The molecule has 0 aliphatic rings. The van der Waals surface area contributed by atoms with Gasteiger partial charge in [0.05, 0.1) is 0 Å². The maximum atomic E-state index is 5.93. The Kier molecular flexibility index (Phi) is 5.05. The van der Waals surface area contributed by atoms with Crippen LogP contribution < -0.4 is 5.32 Å². The first kappa shape index (κ1) is 13.7. The van der Waals surface area contributed by atoms with Gasteiger partial charge in [-0.25, -0.2) is 15.0 Å². The highest BCUT2D eigenvalue weighted by Crippen LogP contribution is 2.12. The summed E-state index contributed by atoms with van der Waals surface area (Å²) in [4.78, 5) is 12.4. The number of hydrogen-bond donors (Lipinski definition) is 2. The highest BCUT2D eigenvalue weighted by Gasteiger charge is 2.03. The number of halogens is 1. The molecule has 0 aromatic carbocycles. The molecule has 2 heterocycles. The monoisotopic (exact) mass is 282 g/mol.